The first kappa shape index (κ1) is 9.27. The zero-order valence-electron chi connectivity index (χ0n) is 6.77. The molecule has 0 aromatic carbocycles. The second-order valence-corrected chi connectivity index (χ2v) is 3.00. The first-order chi connectivity index (χ1) is 4.52. The van der Waals surface area contributed by atoms with Gasteiger partial charge in [0.1, 0.15) is 0 Å². The highest BCUT2D eigenvalue weighted by Crippen LogP contribution is 2.02. The first-order valence-electron chi connectivity index (χ1n) is 3.54. The summed E-state index contributed by atoms with van der Waals surface area (Å²) in [6.45, 7) is 6.09. The molecule has 2 N–H and O–H groups in total. The average molecular weight is 143 g/mol. The van der Waals surface area contributed by atoms with Gasteiger partial charge in [0.15, 0.2) is 0 Å². The number of nitrogens with one attached hydrogen (secondary N) is 2. The lowest BCUT2D eigenvalue weighted by molar-refractivity contribution is 0.243. The van der Waals surface area contributed by atoms with Crippen LogP contribution in [-0.4, -0.2) is 12.1 Å². The lowest BCUT2D eigenvalue weighted by Crippen LogP contribution is -2.32. The van der Waals surface area contributed by atoms with Gasteiger partial charge in [0.2, 0.25) is 0 Å². The smallest absolute Gasteiger partial charge is 0.333 e. The molecule has 1 radical (unpaired) electrons. The summed E-state index contributed by atoms with van der Waals surface area (Å²) in [7, 11) is 0. The van der Waals surface area contributed by atoms with Gasteiger partial charge >= 0.3 is 6.03 Å². The molecule has 0 aliphatic rings. The molecule has 0 aliphatic heterocycles. The molecule has 0 bridgehead atoms. The maximum Gasteiger partial charge on any atom is 0.333 e. The Hall–Kier alpha value is -0.730. The number of carbonyl (C=O) groups is 1. The summed E-state index contributed by atoms with van der Waals surface area (Å²) < 4.78 is 0. The number of carbonyl (C=O) groups excluding carboxylic acids is 1. The Balaban J connectivity index is 3.43. The van der Waals surface area contributed by atoms with Crippen molar-refractivity contribution in [2.45, 2.75) is 33.2 Å². The first-order valence-corrected chi connectivity index (χ1v) is 3.54. The minimum Gasteiger partial charge on any atom is -0.334 e. The summed E-state index contributed by atoms with van der Waals surface area (Å²) in [4.78, 5) is 10.2. The van der Waals surface area contributed by atoms with Crippen molar-refractivity contribution in [1.29, 1.82) is 0 Å². The van der Waals surface area contributed by atoms with Gasteiger partial charge in [-0.3, -0.25) is 0 Å². The molecule has 0 saturated heterocycles. The van der Waals surface area contributed by atoms with Crippen LogP contribution in [0.2, 0.25) is 0 Å². The van der Waals surface area contributed by atoms with E-state index in [4.69, 9.17) is 5.73 Å². The number of hydrogen-bond donors (Lipinski definition) is 1. The molecule has 0 spiro atoms. The average Bonchev–Trinajstić information content (AvgIpc) is 1.58. The lowest BCUT2D eigenvalue weighted by atomic mass is 10.1. The Bertz CT molecular complexity index is 112. The third-order valence-electron chi connectivity index (χ3n) is 1.20. The molecule has 10 heavy (non-hydrogen) atoms. The van der Waals surface area contributed by atoms with Crippen molar-refractivity contribution in [1.82, 2.24) is 11.1 Å². The molecule has 0 aliphatic carbocycles. The van der Waals surface area contributed by atoms with E-state index in [0.29, 0.717) is 5.92 Å². The normalized spacial score (nSPS) is 13.2. The minimum atomic E-state index is -0.687. The molecule has 2 amide bonds. The molecule has 1 unspecified atom stereocenters. The SMILES string of the molecule is CC(C)CC(C)NC([NH])=O. The maximum atomic E-state index is 10.2. The van der Waals surface area contributed by atoms with E-state index in [0.717, 1.165) is 6.42 Å². The summed E-state index contributed by atoms with van der Waals surface area (Å²) >= 11 is 0. The predicted octanol–water partition coefficient (Wildman–Crippen LogP) is 1.41. The zero-order valence-corrected chi connectivity index (χ0v) is 6.77. The van der Waals surface area contributed by atoms with Gasteiger partial charge in [-0.05, 0) is 19.3 Å². The van der Waals surface area contributed by atoms with Crippen molar-refractivity contribution in [2.75, 3.05) is 0 Å². The highest BCUT2D eigenvalue weighted by molar-refractivity contribution is 5.71. The molecule has 59 valence electrons. The van der Waals surface area contributed by atoms with Crippen molar-refractivity contribution in [3.63, 3.8) is 0 Å². The third-order valence-corrected chi connectivity index (χ3v) is 1.20. The van der Waals surface area contributed by atoms with E-state index >= 15 is 0 Å². The highest BCUT2D eigenvalue weighted by Gasteiger charge is 2.05. The molecule has 0 heterocycles. The van der Waals surface area contributed by atoms with E-state index in [2.05, 4.69) is 19.2 Å². The second-order valence-electron chi connectivity index (χ2n) is 3.00. The highest BCUT2D eigenvalue weighted by atomic mass is 16.2. The van der Waals surface area contributed by atoms with Crippen LogP contribution in [-0.2, 0) is 0 Å². The number of amides is 2. The van der Waals surface area contributed by atoms with Crippen molar-refractivity contribution < 1.29 is 4.79 Å². The summed E-state index contributed by atoms with van der Waals surface area (Å²) in [5.74, 6) is 0.571. The summed E-state index contributed by atoms with van der Waals surface area (Å²) in [6.07, 6.45) is 0.935. The van der Waals surface area contributed by atoms with Crippen LogP contribution in [0.25, 0.3) is 0 Å². The molecule has 0 aromatic rings. The second kappa shape index (κ2) is 4.14. The molecular weight excluding hydrogens is 128 g/mol. The van der Waals surface area contributed by atoms with Crippen molar-refractivity contribution in [3.05, 3.63) is 0 Å². The number of rotatable bonds is 3. The van der Waals surface area contributed by atoms with Crippen LogP contribution in [0.3, 0.4) is 0 Å². The maximum absolute atomic E-state index is 10.2. The standard InChI is InChI=1S/C7H15N2O/c1-5(2)4-6(3)9-7(8)10/h5-6,8H,4H2,1-3H3,(H,9,10). The van der Waals surface area contributed by atoms with Crippen LogP contribution < -0.4 is 11.1 Å². The van der Waals surface area contributed by atoms with Crippen molar-refractivity contribution in [3.8, 4) is 0 Å². The van der Waals surface area contributed by atoms with Crippen LogP contribution in [0, 0.1) is 5.92 Å². The van der Waals surface area contributed by atoms with E-state index in [1.807, 2.05) is 6.92 Å². The molecule has 0 saturated carbocycles. The van der Waals surface area contributed by atoms with Crippen molar-refractivity contribution >= 4 is 6.03 Å². The van der Waals surface area contributed by atoms with E-state index in [1.165, 1.54) is 0 Å². The molecule has 0 aromatic heterocycles. The molecule has 3 heteroatoms. The predicted molar refractivity (Wildman–Crippen MR) is 40.5 cm³/mol. The molecule has 3 nitrogen and oxygen atoms in total. The summed E-state index contributed by atoms with van der Waals surface area (Å²) in [5.41, 5.74) is 6.60. The Morgan fingerprint density at radius 1 is 1.50 bits per heavy atom. The Morgan fingerprint density at radius 2 is 2.00 bits per heavy atom. The molecule has 0 rings (SSSR count). The van der Waals surface area contributed by atoms with Crippen LogP contribution in [0.15, 0.2) is 0 Å². The van der Waals surface area contributed by atoms with Gasteiger partial charge < -0.3 is 5.32 Å². The number of urea groups is 1. The van der Waals surface area contributed by atoms with Crippen LogP contribution in [0.4, 0.5) is 4.79 Å². The third kappa shape index (κ3) is 5.41. The fourth-order valence-electron chi connectivity index (χ4n) is 0.990. The van der Waals surface area contributed by atoms with E-state index in [-0.39, 0.29) is 6.04 Å². The Labute approximate surface area is 62.0 Å². The molecule has 1 atom stereocenters. The van der Waals surface area contributed by atoms with Crippen LogP contribution in [0.1, 0.15) is 27.2 Å². The van der Waals surface area contributed by atoms with Crippen molar-refractivity contribution in [2.24, 2.45) is 5.92 Å². The Kier molecular flexibility index (Phi) is 3.84. The zero-order chi connectivity index (χ0) is 8.15. The van der Waals surface area contributed by atoms with Gasteiger partial charge in [-0.1, -0.05) is 13.8 Å². The molecule has 0 fully saturated rings. The van der Waals surface area contributed by atoms with Gasteiger partial charge in [0, 0.05) is 6.04 Å². The largest absolute Gasteiger partial charge is 0.334 e. The topological polar surface area (TPSA) is 52.9 Å². The fourth-order valence-corrected chi connectivity index (χ4v) is 0.990. The fraction of sp³-hybridized carbons (Fsp3) is 0.857. The quantitative estimate of drug-likeness (QED) is 0.638. The van der Waals surface area contributed by atoms with E-state index < -0.39 is 6.03 Å². The van der Waals surface area contributed by atoms with Gasteiger partial charge in [0.05, 0.1) is 0 Å². The number of hydrogen-bond acceptors (Lipinski definition) is 1. The Morgan fingerprint density at radius 3 is 2.30 bits per heavy atom. The van der Waals surface area contributed by atoms with E-state index in [9.17, 15) is 4.79 Å². The summed E-state index contributed by atoms with van der Waals surface area (Å²) in [5, 5.41) is 2.50. The van der Waals surface area contributed by atoms with Gasteiger partial charge in [-0.2, -0.15) is 0 Å². The molecular formula is C7H15N2O. The monoisotopic (exact) mass is 143 g/mol. The van der Waals surface area contributed by atoms with Gasteiger partial charge in [-0.15, -0.1) is 0 Å². The van der Waals surface area contributed by atoms with E-state index in [1.54, 1.807) is 0 Å². The van der Waals surface area contributed by atoms with Gasteiger partial charge in [-0.25, -0.2) is 10.5 Å². The lowest BCUT2D eigenvalue weighted by Gasteiger charge is -2.13. The van der Waals surface area contributed by atoms with Crippen LogP contribution in [0.5, 0.6) is 0 Å². The summed E-state index contributed by atoms with van der Waals surface area (Å²) in [6, 6.07) is -0.557. The minimum absolute atomic E-state index is 0.130. The van der Waals surface area contributed by atoms with Crippen LogP contribution >= 0.6 is 0 Å². The van der Waals surface area contributed by atoms with Gasteiger partial charge in [0.25, 0.3) is 0 Å².